The standard InChI is InChI=1S/C6H14N2O.Li.H2O/c1-4(2)3-5(7)6(8)9;;/h4-5H,3,7H2,1-2H3,(H2,8,9);;1H2/q;+1;/p-1. The van der Waals surface area contributed by atoms with Crippen LogP contribution in [0.3, 0.4) is 0 Å². The Bertz CT molecular complexity index is 109. The summed E-state index contributed by atoms with van der Waals surface area (Å²) in [6.45, 7) is 4.01. The monoisotopic (exact) mass is 154 g/mol. The predicted molar refractivity (Wildman–Crippen MR) is 38.6 cm³/mol. The van der Waals surface area contributed by atoms with Crippen LogP contribution in [-0.4, -0.2) is 17.4 Å². The molecule has 0 aromatic rings. The predicted octanol–water partition coefficient (Wildman–Crippen LogP) is -3.33. The van der Waals surface area contributed by atoms with Gasteiger partial charge in [-0.25, -0.2) is 0 Å². The molecule has 0 radical (unpaired) electrons. The second-order valence-corrected chi connectivity index (χ2v) is 2.64. The van der Waals surface area contributed by atoms with Gasteiger partial charge >= 0.3 is 18.9 Å². The van der Waals surface area contributed by atoms with Gasteiger partial charge < -0.3 is 16.9 Å². The van der Waals surface area contributed by atoms with Gasteiger partial charge in [0.1, 0.15) is 0 Å². The van der Waals surface area contributed by atoms with Crippen LogP contribution in [0.1, 0.15) is 20.3 Å². The van der Waals surface area contributed by atoms with E-state index in [9.17, 15) is 4.79 Å². The summed E-state index contributed by atoms with van der Waals surface area (Å²) in [5, 5.41) is 0. The van der Waals surface area contributed by atoms with Crippen LogP contribution in [-0.2, 0) is 4.79 Å². The van der Waals surface area contributed by atoms with Gasteiger partial charge in [0.2, 0.25) is 5.91 Å². The summed E-state index contributed by atoms with van der Waals surface area (Å²) in [4.78, 5) is 10.3. The van der Waals surface area contributed by atoms with Gasteiger partial charge in [-0.15, -0.1) is 0 Å². The molecule has 0 heterocycles. The molecule has 4 nitrogen and oxygen atoms in total. The third-order valence-corrected chi connectivity index (χ3v) is 1.09. The van der Waals surface area contributed by atoms with E-state index < -0.39 is 11.9 Å². The summed E-state index contributed by atoms with van der Waals surface area (Å²) in [5.41, 5.74) is 10.3. The van der Waals surface area contributed by atoms with Crippen LogP contribution in [0.15, 0.2) is 0 Å². The summed E-state index contributed by atoms with van der Waals surface area (Å²) in [5.74, 6) is 0.0243. The van der Waals surface area contributed by atoms with E-state index in [0.717, 1.165) is 0 Å². The summed E-state index contributed by atoms with van der Waals surface area (Å²) >= 11 is 0. The minimum absolute atomic E-state index is 0. The molecule has 0 rings (SSSR count). The average molecular weight is 154 g/mol. The second kappa shape index (κ2) is 8.09. The van der Waals surface area contributed by atoms with Crippen molar-refractivity contribution in [2.24, 2.45) is 17.4 Å². The van der Waals surface area contributed by atoms with Gasteiger partial charge in [-0.2, -0.15) is 0 Å². The van der Waals surface area contributed by atoms with E-state index in [1.54, 1.807) is 0 Å². The Morgan fingerprint density at radius 2 is 1.82 bits per heavy atom. The maximum atomic E-state index is 10.3. The Morgan fingerprint density at radius 1 is 1.45 bits per heavy atom. The third-order valence-electron chi connectivity index (χ3n) is 1.09. The summed E-state index contributed by atoms with van der Waals surface area (Å²) in [6, 6.07) is -0.468. The molecule has 0 saturated carbocycles. The molecule has 62 valence electrons. The van der Waals surface area contributed by atoms with Crippen LogP contribution in [0.2, 0.25) is 0 Å². The molecule has 1 amide bonds. The molecule has 0 aliphatic heterocycles. The van der Waals surface area contributed by atoms with Gasteiger partial charge in [0.25, 0.3) is 0 Å². The van der Waals surface area contributed by atoms with E-state index in [4.69, 9.17) is 11.5 Å². The van der Waals surface area contributed by atoms with Crippen molar-refractivity contribution in [3.63, 3.8) is 0 Å². The van der Waals surface area contributed by atoms with Crippen molar-refractivity contribution >= 4 is 5.91 Å². The smallest absolute Gasteiger partial charge is 0.870 e. The molecule has 5 N–H and O–H groups in total. The van der Waals surface area contributed by atoms with Gasteiger partial charge in [0, 0.05) is 0 Å². The van der Waals surface area contributed by atoms with Crippen LogP contribution in [0.5, 0.6) is 0 Å². The van der Waals surface area contributed by atoms with E-state index >= 15 is 0 Å². The number of nitrogens with two attached hydrogens (primary N) is 2. The van der Waals surface area contributed by atoms with Gasteiger partial charge in [0.15, 0.2) is 0 Å². The zero-order valence-corrected chi connectivity index (χ0v) is 7.37. The minimum atomic E-state index is -0.468. The SMILES string of the molecule is CC(C)CC(N)C(N)=O.[Li+].[OH-]. The Labute approximate surface area is 79.2 Å². The number of carbonyl (C=O) groups is 1. The Kier molecular flexibility index (Phi) is 12.6. The number of hydrogen-bond donors (Lipinski definition) is 2. The zero-order chi connectivity index (χ0) is 7.44. The third kappa shape index (κ3) is 9.99. The number of rotatable bonds is 3. The second-order valence-electron chi connectivity index (χ2n) is 2.64. The van der Waals surface area contributed by atoms with Crippen LogP contribution in [0.25, 0.3) is 0 Å². The van der Waals surface area contributed by atoms with Crippen LogP contribution in [0.4, 0.5) is 0 Å². The van der Waals surface area contributed by atoms with Gasteiger partial charge in [0.05, 0.1) is 6.04 Å². The first-order valence-electron chi connectivity index (χ1n) is 3.09. The number of carbonyl (C=O) groups excluding carboxylic acids is 1. The fraction of sp³-hybridized carbons (Fsp3) is 0.833. The molecule has 0 saturated heterocycles. The molecular formula is C6H15LiN2O2. The number of amides is 1. The summed E-state index contributed by atoms with van der Waals surface area (Å²) in [6.07, 6.45) is 0.676. The molecule has 5 heteroatoms. The van der Waals surface area contributed by atoms with E-state index in [1.165, 1.54) is 0 Å². The van der Waals surface area contributed by atoms with E-state index in [-0.39, 0.29) is 24.3 Å². The van der Waals surface area contributed by atoms with Gasteiger partial charge in [-0.1, -0.05) is 13.8 Å². The molecule has 0 aliphatic carbocycles. The molecule has 0 fully saturated rings. The van der Waals surface area contributed by atoms with Crippen molar-refractivity contribution in [2.75, 3.05) is 0 Å². The normalized spacial score (nSPS) is 11.3. The van der Waals surface area contributed by atoms with Crippen molar-refractivity contribution in [2.45, 2.75) is 26.3 Å². The quantitative estimate of drug-likeness (QED) is 0.416. The summed E-state index contributed by atoms with van der Waals surface area (Å²) < 4.78 is 0. The molecule has 1 unspecified atom stereocenters. The maximum Gasteiger partial charge on any atom is 1.00 e. The Hall–Kier alpha value is -0.0126. The molecule has 11 heavy (non-hydrogen) atoms. The van der Waals surface area contributed by atoms with Crippen LogP contribution in [0, 0.1) is 5.92 Å². The topological polar surface area (TPSA) is 99.1 Å². The van der Waals surface area contributed by atoms with Crippen LogP contribution >= 0.6 is 0 Å². The Balaban J connectivity index is -0.000000320. The first-order valence-corrected chi connectivity index (χ1v) is 3.09. The summed E-state index contributed by atoms with van der Waals surface area (Å²) in [7, 11) is 0. The molecule has 0 bridgehead atoms. The number of hydrogen-bond acceptors (Lipinski definition) is 3. The molecule has 0 aromatic carbocycles. The van der Waals surface area contributed by atoms with Crippen molar-refractivity contribution in [1.29, 1.82) is 0 Å². The Morgan fingerprint density at radius 3 is 1.91 bits per heavy atom. The largest absolute Gasteiger partial charge is 1.00 e. The minimum Gasteiger partial charge on any atom is -0.870 e. The van der Waals surface area contributed by atoms with Crippen LogP contribution < -0.4 is 30.3 Å². The fourth-order valence-electron chi connectivity index (χ4n) is 0.624. The van der Waals surface area contributed by atoms with Crippen molar-refractivity contribution in [1.82, 2.24) is 0 Å². The maximum absolute atomic E-state index is 10.3. The first kappa shape index (κ1) is 17.2. The van der Waals surface area contributed by atoms with Crippen molar-refractivity contribution in [3.8, 4) is 0 Å². The van der Waals surface area contributed by atoms with E-state index in [2.05, 4.69) is 0 Å². The van der Waals surface area contributed by atoms with Gasteiger partial charge in [-0.3, -0.25) is 4.79 Å². The van der Waals surface area contributed by atoms with Gasteiger partial charge in [-0.05, 0) is 12.3 Å². The molecule has 0 aromatic heterocycles. The molecule has 0 spiro atoms. The molecule has 0 aliphatic rings. The van der Waals surface area contributed by atoms with E-state index in [0.29, 0.717) is 12.3 Å². The zero-order valence-electron chi connectivity index (χ0n) is 7.37. The van der Waals surface area contributed by atoms with Crippen molar-refractivity contribution in [3.05, 3.63) is 0 Å². The van der Waals surface area contributed by atoms with E-state index in [1.807, 2.05) is 13.8 Å². The average Bonchev–Trinajstić information content (AvgIpc) is 1.63. The number of primary amides is 1. The molecular weight excluding hydrogens is 139 g/mol. The fourth-order valence-corrected chi connectivity index (χ4v) is 0.624. The van der Waals surface area contributed by atoms with Crippen molar-refractivity contribution < 1.29 is 29.1 Å². The molecule has 1 atom stereocenters. The first-order chi connectivity index (χ1) is 4.04.